The van der Waals surface area contributed by atoms with Crippen LogP contribution >= 0.6 is 22.9 Å². The molecule has 0 bridgehead atoms. The average molecular weight is 671 g/mol. The average Bonchev–Trinajstić information content (AvgIpc) is 3.89. The predicted molar refractivity (Wildman–Crippen MR) is 192 cm³/mol. The quantitative estimate of drug-likeness (QED) is 0.132. The zero-order valence-electron chi connectivity index (χ0n) is 26.6. The van der Waals surface area contributed by atoms with Crippen molar-refractivity contribution in [1.82, 2.24) is 29.8 Å². The highest BCUT2D eigenvalue weighted by molar-refractivity contribution is 7.15. The van der Waals surface area contributed by atoms with Crippen molar-refractivity contribution < 1.29 is 5.11 Å². The summed E-state index contributed by atoms with van der Waals surface area (Å²) < 4.78 is 4.04. The minimum atomic E-state index is -0.855. The van der Waals surface area contributed by atoms with E-state index in [4.69, 9.17) is 21.9 Å². The summed E-state index contributed by atoms with van der Waals surface area (Å²) in [6.07, 6.45) is 2.87. The fraction of sp³-hybridized carbons (Fsp3) is 0.179. The minimum absolute atomic E-state index is 0.159. The summed E-state index contributed by atoms with van der Waals surface area (Å²) in [4.78, 5) is 6.81. The van der Waals surface area contributed by atoms with Gasteiger partial charge in [0, 0.05) is 27.3 Å². The highest BCUT2D eigenvalue weighted by Crippen LogP contribution is 2.44. The molecule has 0 radical (unpaired) electrons. The van der Waals surface area contributed by atoms with E-state index >= 15 is 0 Å². The highest BCUT2D eigenvalue weighted by atomic mass is 35.5. The van der Waals surface area contributed by atoms with Gasteiger partial charge in [-0.05, 0) is 45.7 Å². The number of hydrogen-bond donors (Lipinski definition) is 1. The lowest BCUT2D eigenvalue weighted by Gasteiger charge is -2.36. The standard InChI is InChI=1S/C39H35ClN6OS/c1-2-3-23-36-41-37(40)34(27-47)45(36)26-31-24-25-35(48-31)32-21-13-14-22-33(32)38-42-43-44-46(38)39(28-15-7-4-8-16-28,29-17-9-5-10-18-29)30-19-11-6-12-20-30/h4-22,24-25,47H,2-3,23,26-27H2,1H3. The van der Waals surface area contributed by atoms with Crippen LogP contribution in [-0.4, -0.2) is 34.9 Å². The molecule has 0 saturated heterocycles. The molecule has 0 atom stereocenters. The van der Waals surface area contributed by atoms with E-state index < -0.39 is 5.54 Å². The van der Waals surface area contributed by atoms with Crippen LogP contribution in [0.3, 0.4) is 0 Å². The molecule has 0 aliphatic rings. The molecule has 0 saturated carbocycles. The van der Waals surface area contributed by atoms with Gasteiger partial charge in [-0.1, -0.05) is 140 Å². The van der Waals surface area contributed by atoms with Crippen molar-refractivity contribution in [3.63, 3.8) is 0 Å². The fourth-order valence-corrected chi connectivity index (χ4v) is 7.81. The van der Waals surface area contributed by atoms with Crippen LogP contribution in [0.2, 0.25) is 5.15 Å². The third kappa shape index (κ3) is 5.76. The second kappa shape index (κ2) is 14.1. The van der Waals surface area contributed by atoms with E-state index in [0.717, 1.165) is 62.7 Å². The van der Waals surface area contributed by atoms with Gasteiger partial charge in [0.15, 0.2) is 11.0 Å². The van der Waals surface area contributed by atoms with Gasteiger partial charge in [0.1, 0.15) is 11.4 Å². The van der Waals surface area contributed by atoms with Crippen LogP contribution in [-0.2, 0) is 25.1 Å². The molecule has 9 heteroatoms. The number of hydrogen-bond acceptors (Lipinski definition) is 6. The molecule has 3 aromatic heterocycles. The number of tetrazole rings is 1. The van der Waals surface area contributed by atoms with Crippen LogP contribution in [0.5, 0.6) is 0 Å². The number of benzene rings is 4. The molecule has 0 aliphatic heterocycles. The van der Waals surface area contributed by atoms with E-state index in [1.54, 1.807) is 11.3 Å². The molecule has 240 valence electrons. The number of thiophene rings is 1. The molecule has 0 unspecified atom stereocenters. The molecule has 0 spiro atoms. The summed E-state index contributed by atoms with van der Waals surface area (Å²) in [6, 6.07) is 43.9. The van der Waals surface area contributed by atoms with Crippen LogP contribution in [0, 0.1) is 0 Å². The molecule has 0 aliphatic carbocycles. The Hall–Kier alpha value is -4.89. The number of imidazole rings is 1. The Labute approximate surface area is 289 Å². The van der Waals surface area contributed by atoms with Crippen molar-refractivity contribution in [1.29, 1.82) is 0 Å². The van der Waals surface area contributed by atoms with E-state index in [9.17, 15) is 5.11 Å². The second-order valence-corrected chi connectivity index (χ2v) is 13.2. The Kier molecular flexibility index (Phi) is 9.29. The summed E-state index contributed by atoms with van der Waals surface area (Å²) in [7, 11) is 0. The van der Waals surface area contributed by atoms with Crippen molar-refractivity contribution in [3.05, 3.63) is 166 Å². The first-order chi connectivity index (χ1) is 23.6. The summed E-state index contributed by atoms with van der Waals surface area (Å²) in [5.74, 6) is 1.56. The molecular weight excluding hydrogens is 636 g/mol. The Balaban J connectivity index is 1.36. The van der Waals surface area contributed by atoms with Crippen LogP contribution in [0.4, 0.5) is 0 Å². The first-order valence-electron chi connectivity index (χ1n) is 16.1. The zero-order valence-corrected chi connectivity index (χ0v) is 28.1. The summed E-state index contributed by atoms with van der Waals surface area (Å²) in [6.45, 7) is 2.58. The fourth-order valence-electron chi connectivity index (χ4n) is 6.51. The molecule has 4 aromatic carbocycles. The van der Waals surface area contributed by atoms with Crippen LogP contribution in [0.1, 0.15) is 52.9 Å². The van der Waals surface area contributed by atoms with Crippen molar-refractivity contribution in [3.8, 4) is 21.8 Å². The van der Waals surface area contributed by atoms with Gasteiger partial charge in [0.2, 0.25) is 0 Å². The smallest absolute Gasteiger partial charge is 0.184 e. The number of rotatable bonds is 12. The van der Waals surface area contributed by atoms with Gasteiger partial charge < -0.3 is 9.67 Å². The number of nitrogens with zero attached hydrogens (tertiary/aromatic N) is 6. The van der Waals surface area contributed by atoms with E-state index in [-0.39, 0.29) is 6.61 Å². The van der Waals surface area contributed by atoms with Gasteiger partial charge in [0.05, 0.1) is 18.8 Å². The summed E-state index contributed by atoms with van der Waals surface area (Å²) in [5.41, 5.74) is 4.89. The van der Waals surface area contributed by atoms with Gasteiger partial charge in [-0.25, -0.2) is 9.67 Å². The van der Waals surface area contributed by atoms with Crippen molar-refractivity contribution >= 4 is 22.9 Å². The number of halogens is 1. The lowest BCUT2D eigenvalue weighted by Crippen LogP contribution is -2.39. The van der Waals surface area contributed by atoms with E-state index in [1.807, 2.05) is 35.0 Å². The third-order valence-corrected chi connectivity index (χ3v) is 10.2. The van der Waals surface area contributed by atoms with Crippen molar-refractivity contribution in [2.75, 3.05) is 0 Å². The molecule has 3 heterocycles. The van der Waals surface area contributed by atoms with Crippen molar-refractivity contribution in [2.24, 2.45) is 0 Å². The van der Waals surface area contributed by atoms with Crippen LogP contribution < -0.4 is 0 Å². The number of aliphatic hydroxyl groups is 1. The molecule has 0 fully saturated rings. The van der Waals surface area contributed by atoms with Gasteiger partial charge in [-0.3, -0.25) is 0 Å². The summed E-state index contributed by atoms with van der Waals surface area (Å²) >= 11 is 8.15. The lowest BCUT2D eigenvalue weighted by molar-refractivity contribution is 0.271. The molecule has 0 amide bonds. The Bertz CT molecular complexity index is 2010. The zero-order chi connectivity index (χ0) is 32.9. The SMILES string of the molecule is CCCCc1nc(Cl)c(CO)n1Cc1ccc(-c2ccccc2-c2nnnn2C(c2ccccc2)(c2ccccc2)c2ccccc2)s1. The summed E-state index contributed by atoms with van der Waals surface area (Å²) in [5, 5.41) is 24.3. The van der Waals surface area contributed by atoms with Gasteiger partial charge in [-0.15, -0.1) is 16.4 Å². The lowest BCUT2D eigenvalue weighted by atomic mass is 9.77. The second-order valence-electron chi connectivity index (χ2n) is 11.6. The Morgan fingerprint density at radius 2 is 1.33 bits per heavy atom. The van der Waals surface area contributed by atoms with E-state index in [1.165, 1.54) is 0 Å². The van der Waals surface area contributed by atoms with Gasteiger partial charge in [-0.2, -0.15) is 0 Å². The minimum Gasteiger partial charge on any atom is -0.390 e. The number of aliphatic hydroxyl groups excluding tert-OH is 1. The van der Waals surface area contributed by atoms with Gasteiger partial charge in [0.25, 0.3) is 0 Å². The molecule has 1 N–H and O–H groups in total. The maximum absolute atomic E-state index is 10.1. The largest absolute Gasteiger partial charge is 0.390 e. The van der Waals surface area contributed by atoms with E-state index in [0.29, 0.717) is 23.2 Å². The predicted octanol–water partition coefficient (Wildman–Crippen LogP) is 8.64. The van der Waals surface area contributed by atoms with Crippen LogP contribution in [0.25, 0.3) is 21.8 Å². The Morgan fingerprint density at radius 3 is 1.92 bits per heavy atom. The Morgan fingerprint density at radius 1 is 0.750 bits per heavy atom. The number of unbranched alkanes of at least 4 members (excludes halogenated alkanes) is 1. The highest BCUT2D eigenvalue weighted by Gasteiger charge is 2.42. The molecule has 7 aromatic rings. The first-order valence-corrected chi connectivity index (χ1v) is 17.3. The van der Waals surface area contributed by atoms with Crippen molar-refractivity contribution in [2.45, 2.75) is 44.9 Å². The van der Waals surface area contributed by atoms with Gasteiger partial charge >= 0.3 is 0 Å². The van der Waals surface area contributed by atoms with Crippen LogP contribution in [0.15, 0.2) is 127 Å². The topological polar surface area (TPSA) is 81.7 Å². The molecular formula is C39H35ClN6OS. The molecule has 48 heavy (non-hydrogen) atoms. The van der Waals surface area contributed by atoms with E-state index in [2.05, 4.69) is 119 Å². The maximum atomic E-state index is 10.1. The molecule has 7 rings (SSSR count). The normalized spacial score (nSPS) is 11.6. The number of aryl methyl sites for hydroxylation is 1. The monoisotopic (exact) mass is 670 g/mol. The number of aromatic nitrogens is 6. The first kappa shape index (κ1) is 31.7. The third-order valence-electron chi connectivity index (χ3n) is 8.78. The molecule has 7 nitrogen and oxygen atoms in total. The maximum Gasteiger partial charge on any atom is 0.184 e.